The van der Waals surface area contributed by atoms with Crippen molar-refractivity contribution in [2.24, 2.45) is 7.05 Å². The Bertz CT molecular complexity index is 639. The van der Waals surface area contributed by atoms with E-state index in [4.69, 9.17) is 0 Å². The zero-order chi connectivity index (χ0) is 15.5. The van der Waals surface area contributed by atoms with Crippen molar-refractivity contribution in [2.75, 3.05) is 26.7 Å². The lowest BCUT2D eigenvalue weighted by Gasteiger charge is -2.39. The monoisotopic (exact) mass is 299 g/mol. The Morgan fingerprint density at radius 2 is 2.18 bits per heavy atom. The molecular weight excluding hydrogens is 278 g/mol. The Hall–Kier alpha value is -2.21. The van der Waals surface area contributed by atoms with Crippen LogP contribution in [0, 0.1) is 0 Å². The molecule has 1 atom stereocenters. The van der Waals surface area contributed by atoms with Gasteiger partial charge in [-0.05, 0) is 18.7 Å². The highest BCUT2D eigenvalue weighted by Gasteiger charge is 2.30. The third-order valence-corrected chi connectivity index (χ3v) is 4.24. The molecule has 1 aliphatic heterocycles. The van der Waals surface area contributed by atoms with E-state index in [-0.39, 0.29) is 11.9 Å². The summed E-state index contributed by atoms with van der Waals surface area (Å²) in [4.78, 5) is 25.2. The lowest BCUT2D eigenvalue weighted by Crippen LogP contribution is -2.50. The summed E-state index contributed by atoms with van der Waals surface area (Å²) in [5, 5.41) is 0. The van der Waals surface area contributed by atoms with Crippen LogP contribution >= 0.6 is 0 Å². The van der Waals surface area contributed by atoms with Gasteiger partial charge in [0.2, 0.25) is 5.91 Å². The first kappa shape index (κ1) is 14.7. The third-order valence-electron chi connectivity index (χ3n) is 4.24. The number of hydrogen-bond acceptors (Lipinski definition) is 4. The molecule has 0 spiro atoms. The van der Waals surface area contributed by atoms with Crippen LogP contribution < -0.4 is 0 Å². The molecule has 0 radical (unpaired) electrons. The average Bonchev–Trinajstić information content (AvgIpc) is 2.94. The summed E-state index contributed by atoms with van der Waals surface area (Å²) >= 11 is 0. The maximum atomic E-state index is 12.5. The van der Waals surface area contributed by atoms with E-state index in [9.17, 15) is 4.79 Å². The molecule has 0 aromatic carbocycles. The van der Waals surface area contributed by atoms with Gasteiger partial charge in [0.05, 0.1) is 12.5 Å². The van der Waals surface area contributed by atoms with Crippen LogP contribution in [-0.4, -0.2) is 56.9 Å². The number of likely N-dealkylation sites (N-methyl/N-ethyl adjacent to an activating group) is 1. The second-order valence-electron chi connectivity index (χ2n) is 5.77. The van der Waals surface area contributed by atoms with Crippen LogP contribution in [-0.2, 0) is 18.3 Å². The van der Waals surface area contributed by atoms with Crippen LogP contribution in [0.15, 0.2) is 36.9 Å². The van der Waals surface area contributed by atoms with Crippen molar-refractivity contribution in [3.8, 4) is 0 Å². The van der Waals surface area contributed by atoms with Crippen molar-refractivity contribution in [2.45, 2.75) is 12.5 Å². The molecule has 22 heavy (non-hydrogen) atoms. The summed E-state index contributed by atoms with van der Waals surface area (Å²) in [5.74, 6) is 1.15. The molecule has 1 amide bonds. The highest BCUT2D eigenvalue weighted by Crippen LogP contribution is 2.22. The van der Waals surface area contributed by atoms with Crippen molar-refractivity contribution in [1.82, 2.24) is 24.3 Å². The van der Waals surface area contributed by atoms with Crippen LogP contribution in [0.1, 0.15) is 17.4 Å². The van der Waals surface area contributed by atoms with Crippen molar-refractivity contribution >= 4 is 5.91 Å². The van der Waals surface area contributed by atoms with Gasteiger partial charge in [0.15, 0.2) is 0 Å². The Morgan fingerprint density at radius 1 is 1.32 bits per heavy atom. The van der Waals surface area contributed by atoms with Gasteiger partial charge in [-0.25, -0.2) is 4.98 Å². The summed E-state index contributed by atoms with van der Waals surface area (Å²) in [5.41, 5.74) is 0.958. The second-order valence-corrected chi connectivity index (χ2v) is 5.77. The van der Waals surface area contributed by atoms with Gasteiger partial charge in [-0.15, -0.1) is 0 Å². The SMILES string of the molecule is CN1CCN(C(=O)Cc2cccnc2)C[C@H]1c1nccn1C. The largest absolute Gasteiger partial charge is 0.339 e. The molecule has 0 N–H and O–H groups in total. The van der Waals surface area contributed by atoms with Crippen molar-refractivity contribution in [3.63, 3.8) is 0 Å². The van der Waals surface area contributed by atoms with E-state index in [1.54, 1.807) is 18.6 Å². The number of hydrogen-bond donors (Lipinski definition) is 0. The Morgan fingerprint density at radius 3 is 2.86 bits per heavy atom. The van der Waals surface area contributed by atoms with Gasteiger partial charge in [-0.3, -0.25) is 14.7 Å². The zero-order valence-electron chi connectivity index (χ0n) is 13.0. The average molecular weight is 299 g/mol. The van der Waals surface area contributed by atoms with E-state index in [0.717, 1.165) is 24.5 Å². The fourth-order valence-corrected chi connectivity index (χ4v) is 2.87. The number of imidazole rings is 1. The van der Waals surface area contributed by atoms with Crippen LogP contribution in [0.3, 0.4) is 0 Å². The number of aryl methyl sites for hydroxylation is 1. The number of nitrogens with zero attached hydrogens (tertiary/aromatic N) is 5. The molecule has 116 valence electrons. The molecule has 6 heteroatoms. The quantitative estimate of drug-likeness (QED) is 0.844. The van der Waals surface area contributed by atoms with Gasteiger partial charge in [0.25, 0.3) is 0 Å². The molecule has 1 saturated heterocycles. The minimum Gasteiger partial charge on any atom is -0.339 e. The Balaban J connectivity index is 1.70. The van der Waals surface area contributed by atoms with Gasteiger partial charge >= 0.3 is 0 Å². The minimum atomic E-state index is 0.145. The zero-order valence-corrected chi connectivity index (χ0v) is 13.0. The molecule has 2 aromatic rings. The van der Waals surface area contributed by atoms with Gasteiger partial charge in [0, 0.05) is 51.5 Å². The Labute approximate surface area is 130 Å². The normalized spacial score (nSPS) is 19.4. The van der Waals surface area contributed by atoms with E-state index < -0.39 is 0 Å². The maximum Gasteiger partial charge on any atom is 0.227 e. The molecule has 0 saturated carbocycles. The number of aromatic nitrogens is 3. The first-order chi connectivity index (χ1) is 10.6. The van der Waals surface area contributed by atoms with Gasteiger partial charge < -0.3 is 9.47 Å². The summed E-state index contributed by atoms with van der Waals surface area (Å²) < 4.78 is 2.02. The first-order valence-electron chi connectivity index (χ1n) is 7.49. The molecular formula is C16H21N5O. The van der Waals surface area contributed by atoms with Crippen LogP contribution in [0.5, 0.6) is 0 Å². The number of carbonyl (C=O) groups is 1. The van der Waals surface area contributed by atoms with Crippen molar-refractivity contribution in [1.29, 1.82) is 0 Å². The standard InChI is InChI=1S/C16H21N5O/c1-19-8-9-21(12-14(19)16-18-6-7-20(16)2)15(22)10-13-4-3-5-17-11-13/h3-7,11,14H,8-10,12H2,1-2H3/t14-/m0/s1. The topological polar surface area (TPSA) is 54.3 Å². The molecule has 1 fully saturated rings. The maximum absolute atomic E-state index is 12.5. The molecule has 3 heterocycles. The second kappa shape index (κ2) is 6.27. The lowest BCUT2D eigenvalue weighted by molar-refractivity contribution is -0.133. The van der Waals surface area contributed by atoms with Crippen LogP contribution in [0.2, 0.25) is 0 Å². The number of rotatable bonds is 3. The summed E-state index contributed by atoms with van der Waals surface area (Å²) in [6.07, 6.45) is 7.63. The predicted molar refractivity (Wildman–Crippen MR) is 83.1 cm³/mol. The van der Waals surface area contributed by atoms with E-state index in [0.29, 0.717) is 13.0 Å². The fourth-order valence-electron chi connectivity index (χ4n) is 2.87. The molecule has 6 nitrogen and oxygen atoms in total. The predicted octanol–water partition coefficient (Wildman–Crippen LogP) is 0.873. The van der Waals surface area contributed by atoms with Crippen molar-refractivity contribution in [3.05, 3.63) is 48.3 Å². The number of piperazine rings is 1. The first-order valence-corrected chi connectivity index (χ1v) is 7.49. The van der Waals surface area contributed by atoms with Crippen LogP contribution in [0.4, 0.5) is 0 Å². The van der Waals surface area contributed by atoms with E-state index in [2.05, 4.69) is 21.9 Å². The highest BCUT2D eigenvalue weighted by atomic mass is 16.2. The summed E-state index contributed by atoms with van der Waals surface area (Å²) in [7, 11) is 4.08. The molecule has 1 aliphatic rings. The fraction of sp³-hybridized carbons (Fsp3) is 0.438. The highest BCUT2D eigenvalue weighted by molar-refractivity contribution is 5.78. The van der Waals surface area contributed by atoms with E-state index in [1.807, 2.05) is 34.8 Å². The van der Waals surface area contributed by atoms with Crippen LogP contribution in [0.25, 0.3) is 0 Å². The molecule has 0 unspecified atom stereocenters. The molecule has 0 bridgehead atoms. The van der Waals surface area contributed by atoms with Gasteiger partial charge in [-0.1, -0.05) is 6.07 Å². The summed E-state index contributed by atoms with van der Waals surface area (Å²) in [6.45, 7) is 2.30. The number of amides is 1. The summed E-state index contributed by atoms with van der Waals surface area (Å²) in [6, 6.07) is 3.95. The number of carbonyl (C=O) groups excluding carboxylic acids is 1. The van der Waals surface area contributed by atoms with Crippen molar-refractivity contribution < 1.29 is 4.79 Å². The van der Waals surface area contributed by atoms with E-state index >= 15 is 0 Å². The number of pyridine rings is 1. The lowest BCUT2D eigenvalue weighted by atomic mass is 10.1. The smallest absolute Gasteiger partial charge is 0.227 e. The van der Waals surface area contributed by atoms with Gasteiger partial charge in [-0.2, -0.15) is 0 Å². The van der Waals surface area contributed by atoms with Gasteiger partial charge in [0.1, 0.15) is 5.82 Å². The molecule has 2 aromatic heterocycles. The minimum absolute atomic E-state index is 0.145. The molecule has 0 aliphatic carbocycles. The molecule has 3 rings (SSSR count). The Kier molecular flexibility index (Phi) is 4.20. The third kappa shape index (κ3) is 3.01. The van der Waals surface area contributed by atoms with E-state index in [1.165, 1.54) is 0 Å².